The molecule has 0 aromatic heterocycles. The summed E-state index contributed by atoms with van der Waals surface area (Å²) in [5, 5.41) is 0. The first-order valence-electron chi connectivity index (χ1n) is 3.17. The van der Waals surface area contributed by atoms with E-state index in [2.05, 4.69) is 4.90 Å². The number of hydrogen-bond acceptors (Lipinski definition) is 3. The fourth-order valence-electron chi connectivity index (χ4n) is 0.889. The molecule has 1 heterocycles. The zero-order valence-electron chi connectivity index (χ0n) is 5.38. The van der Waals surface area contributed by atoms with Crippen molar-refractivity contribution >= 4 is 18.0 Å². The lowest BCUT2D eigenvalue weighted by atomic mass is 10.5. The first-order valence-corrected chi connectivity index (χ1v) is 4.32. The molecule has 0 saturated carbocycles. The molecule has 1 aliphatic rings. The number of nitrogens with zero attached hydrogens (tertiary/aromatic N) is 1. The van der Waals surface area contributed by atoms with Crippen LogP contribution in [0.3, 0.4) is 0 Å². The Bertz CT molecular complexity index is 91.1. The van der Waals surface area contributed by atoms with Crippen LogP contribution in [0.1, 0.15) is 0 Å². The number of rotatable bonds is 2. The summed E-state index contributed by atoms with van der Waals surface area (Å²) in [6, 6.07) is 0. The zero-order chi connectivity index (χ0) is 6.53. The summed E-state index contributed by atoms with van der Waals surface area (Å²) < 4.78 is 0. The predicted octanol–water partition coefficient (Wildman–Crippen LogP) is 0.234. The molecule has 0 atom stereocenters. The summed E-state index contributed by atoms with van der Waals surface area (Å²) in [7, 11) is 0. The molecule has 1 rings (SSSR count). The Kier molecular flexibility index (Phi) is 3.08. The van der Waals surface area contributed by atoms with E-state index < -0.39 is 0 Å². The second kappa shape index (κ2) is 3.90. The van der Waals surface area contributed by atoms with Crippen LogP contribution in [0.5, 0.6) is 0 Å². The largest absolute Gasteiger partial charge is 0.302 e. The normalized spacial score (nSPS) is 21.8. The maximum absolute atomic E-state index is 10.0. The monoisotopic (exact) mass is 145 g/mol. The maximum Gasteiger partial charge on any atom is 0.133 e. The van der Waals surface area contributed by atoms with Gasteiger partial charge in [0.05, 0.1) is 6.54 Å². The van der Waals surface area contributed by atoms with Crippen molar-refractivity contribution in [3.05, 3.63) is 0 Å². The Morgan fingerprint density at radius 1 is 1.44 bits per heavy atom. The molecule has 0 aromatic carbocycles. The van der Waals surface area contributed by atoms with Crippen LogP contribution in [0.2, 0.25) is 0 Å². The smallest absolute Gasteiger partial charge is 0.133 e. The molecule has 0 N–H and O–H groups in total. The molecule has 1 fully saturated rings. The highest BCUT2D eigenvalue weighted by Crippen LogP contribution is 2.07. The first kappa shape index (κ1) is 7.09. The van der Waals surface area contributed by atoms with Gasteiger partial charge >= 0.3 is 0 Å². The Hall–Kier alpha value is -0.0200. The summed E-state index contributed by atoms with van der Waals surface area (Å²) in [5.41, 5.74) is 0. The number of thioether (sulfide) groups is 1. The molecule has 0 amide bonds. The van der Waals surface area contributed by atoms with Crippen LogP contribution in [-0.2, 0) is 4.79 Å². The van der Waals surface area contributed by atoms with Crippen molar-refractivity contribution in [1.29, 1.82) is 0 Å². The Balaban J connectivity index is 2.15. The third-order valence-corrected chi connectivity index (χ3v) is 2.38. The van der Waals surface area contributed by atoms with Crippen LogP contribution >= 0.6 is 11.8 Å². The molecule has 0 spiro atoms. The van der Waals surface area contributed by atoms with Crippen molar-refractivity contribution in [1.82, 2.24) is 4.90 Å². The van der Waals surface area contributed by atoms with Crippen molar-refractivity contribution < 1.29 is 4.79 Å². The Morgan fingerprint density at radius 3 is 2.67 bits per heavy atom. The van der Waals surface area contributed by atoms with Crippen molar-refractivity contribution in [2.24, 2.45) is 0 Å². The lowest BCUT2D eigenvalue weighted by Gasteiger charge is -2.23. The number of hydrogen-bond donors (Lipinski definition) is 0. The van der Waals surface area contributed by atoms with Crippen molar-refractivity contribution in [3.8, 4) is 0 Å². The highest BCUT2D eigenvalue weighted by atomic mass is 32.2. The van der Waals surface area contributed by atoms with E-state index in [1.807, 2.05) is 11.8 Å². The molecule has 2 nitrogen and oxygen atoms in total. The quantitative estimate of drug-likeness (QED) is 0.519. The van der Waals surface area contributed by atoms with Gasteiger partial charge in [-0.1, -0.05) is 0 Å². The first-order chi connectivity index (χ1) is 4.43. The van der Waals surface area contributed by atoms with E-state index in [-0.39, 0.29) is 0 Å². The van der Waals surface area contributed by atoms with E-state index in [9.17, 15) is 4.79 Å². The number of carbonyl (C=O) groups is 1. The fraction of sp³-hybridized carbons (Fsp3) is 0.833. The minimum atomic E-state index is 0.626. The lowest BCUT2D eigenvalue weighted by molar-refractivity contribution is -0.108. The van der Waals surface area contributed by atoms with Crippen LogP contribution in [0.15, 0.2) is 0 Å². The lowest BCUT2D eigenvalue weighted by Crippen LogP contribution is -2.33. The summed E-state index contributed by atoms with van der Waals surface area (Å²) in [4.78, 5) is 12.2. The summed E-state index contributed by atoms with van der Waals surface area (Å²) in [5.74, 6) is 2.38. The maximum atomic E-state index is 10.0. The second-order valence-electron chi connectivity index (χ2n) is 2.08. The molecule has 0 aromatic rings. The van der Waals surface area contributed by atoms with Gasteiger partial charge in [0.2, 0.25) is 0 Å². The van der Waals surface area contributed by atoms with Crippen LogP contribution in [0.4, 0.5) is 0 Å². The topological polar surface area (TPSA) is 20.3 Å². The molecular weight excluding hydrogens is 134 g/mol. The van der Waals surface area contributed by atoms with E-state index in [1.54, 1.807) is 0 Å². The van der Waals surface area contributed by atoms with Crippen LogP contribution < -0.4 is 0 Å². The van der Waals surface area contributed by atoms with Gasteiger partial charge in [-0.15, -0.1) is 0 Å². The standard InChI is InChI=1S/C6H11NOS/c8-4-1-7-2-5-9-6-3-7/h4H,1-3,5-6H2. The van der Waals surface area contributed by atoms with E-state index >= 15 is 0 Å². The van der Waals surface area contributed by atoms with E-state index in [4.69, 9.17) is 0 Å². The Labute approximate surface area is 59.6 Å². The average Bonchev–Trinajstić information content (AvgIpc) is 1.91. The summed E-state index contributed by atoms with van der Waals surface area (Å²) in [6.07, 6.45) is 0.982. The van der Waals surface area contributed by atoms with Crippen molar-refractivity contribution in [2.75, 3.05) is 31.1 Å². The van der Waals surface area contributed by atoms with Crippen LogP contribution in [0, 0.1) is 0 Å². The molecule has 1 saturated heterocycles. The average molecular weight is 145 g/mol. The van der Waals surface area contributed by atoms with Gasteiger partial charge in [-0.05, 0) is 0 Å². The highest BCUT2D eigenvalue weighted by Gasteiger charge is 2.07. The predicted molar refractivity (Wildman–Crippen MR) is 39.8 cm³/mol. The summed E-state index contributed by atoms with van der Waals surface area (Å²) in [6.45, 7) is 2.80. The van der Waals surface area contributed by atoms with E-state index in [0.717, 1.165) is 19.4 Å². The summed E-state index contributed by atoms with van der Waals surface area (Å²) >= 11 is 1.97. The third kappa shape index (κ3) is 2.37. The van der Waals surface area contributed by atoms with Crippen LogP contribution in [-0.4, -0.2) is 42.3 Å². The van der Waals surface area contributed by atoms with Gasteiger partial charge < -0.3 is 4.79 Å². The Morgan fingerprint density at radius 2 is 2.11 bits per heavy atom. The molecule has 1 aliphatic heterocycles. The molecule has 3 heteroatoms. The molecule has 0 radical (unpaired) electrons. The van der Waals surface area contributed by atoms with Gasteiger partial charge in [0.1, 0.15) is 6.29 Å². The van der Waals surface area contributed by atoms with Crippen LogP contribution in [0.25, 0.3) is 0 Å². The fourth-order valence-corrected chi connectivity index (χ4v) is 1.87. The third-order valence-electron chi connectivity index (χ3n) is 1.44. The molecule has 0 bridgehead atoms. The zero-order valence-corrected chi connectivity index (χ0v) is 6.19. The van der Waals surface area contributed by atoms with Gasteiger partial charge in [-0.3, -0.25) is 4.90 Å². The van der Waals surface area contributed by atoms with E-state index in [0.29, 0.717) is 6.54 Å². The number of aldehydes is 1. The van der Waals surface area contributed by atoms with Gasteiger partial charge in [-0.25, -0.2) is 0 Å². The number of carbonyl (C=O) groups excluding carboxylic acids is 1. The van der Waals surface area contributed by atoms with Gasteiger partial charge in [-0.2, -0.15) is 11.8 Å². The minimum Gasteiger partial charge on any atom is -0.302 e. The molecule has 9 heavy (non-hydrogen) atoms. The van der Waals surface area contributed by atoms with Crippen molar-refractivity contribution in [3.63, 3.8) is 0 Å². The van der Waals surface area contributed by atoms with Crippen molar-refractivity contribution in [2.45, 2.75) is 0 Å². The SMILES string of the molecule is O=CCN1CCSCC1. The van der Waals surface area contributed by atoms with Gasteiger partial charge in [0.25, 0.3) is 0 Å². The van der Waals surface area contributed by atoms with Gasteiger partial charge in [0.15, 0.2) is 0 Å². The molecule has 0 aliphatic carbocycles. The molecule has 52 valence electrons. The second-order valence-corrected chi connectivity index (χ2v) is 3.30. The van der Waals surface area contributed by atoms with E-state index in [1.165, 1.54) is 11.5 Å². The molecule has 0 unspecified atom stereocenters. The minimum absolute atomic E-state index is 0.626. The van der Waals surface area contributed by atoms with Gasteiger partial charge in [0, 0.05) is 24.6 Å². The molecular formula is C6H11NOS. The highest BCUT2D eigenvalue weighted by molar-refractivity contribution is 7.99.